The van der Waals surface area contributed by atoms with Crippen LogP contribution in [-0.4, -0.2) is 45.4 Å². The lowest BCUT2D eigenvalue weighted by molar-refractivity contribution is 0.710. The van der Waals surface area contributed by atoms with E-state index in [9.17, 15) is 0 Å². The van der Waals surface area contributed by atoms with Gasteiger partial charge < -0.3 is 10.2 Å². The van der Waals surface area contributed by atoms with Crippen LogP contribution in [0.2, 0.25) is 5.28 Å². The van der Waals surface area contributed by atoms with Crippen LogP contribution in [-0.2, 0) is 13.5 Å². The fourth-order valence-electron chi connectivity index (χ4n) is 1.57. The molecule has 0 aliphatic heterocycles. The van der Waals surface area contributed by atoms with Crippen molar-refractivity contribution in [1.82, 2.24) is 24.7 Å². The molecule has 0 spiro atoms. The molecule has 0 radical (unpaired) electrons. The number of hydrogen-bond donors (Lipinski definition) is 1. The molecule has 2 heterocycles. The van der Waals surface area contributed by atoms with Crippen molar-refractivity contribution in [2.24, 2.45) is 7.05 Å². The largest absolute Gasteiger partial charge is 0.354 e. The molecule has 0 unspecified atom stereocenters. The molecule has 8 heteroatoms. The van der Waals surface area contributed by atoms with Crippen LogP contribution in [0.4, 0.5) is 11.9 Å². The molecule has 0 saturated carbocycles. The van der Waals surface area contributed by atoms with E-state index in [1.165, 1.54) is 0 Å². The molecule has 0 bridgehead atoms. The van der Waals surface area contributed by atoms with Gasteiger partial charge >= 0.3 is 0 Å². The molecule has 0 aromatic carbocycles. The standard InChI is InChI=1S/C11H16ClN7/c1-18(2)11-16-9(12)15-10(17-11)13-6-4-8-5-7-14-19(8)3/h5,7H,4,6H2,1-3H3,(H,13,15,16,17). The normalized spacial score (nSPS) is 10.5. The Morgan fingerprint density at radius 1 is 1.32 bits per heavy atom. The summed E-state index contributed by atoms with van der Waals surface area (Å²) in [5.41, 5.74) is 1.14. The second-order valence-electron chi connectivity index (χ2n) is 4.25. The lowest BCUT2D eigenvalue weighted by Crippen LogP contribution is -2.16. The predicted octanol–water partition coefficient (Wildman–Crippen LogP) is 0.979. The van der Waals surface area contributed by atoms with Crippen molar-refractivity contribution in [2.45, 2.75) is 6.42 Å². The van der Waals surface area contributed by atoms with Crippen LogP contribution in [0.25, 0.3) is 0 Å². The Hall–Kier alpha value is -1.89. The molecule has 0 aliphatic carbocycles. The van der Waals surface area contributed by atoms with Gasteiger partial charge in [-0.25, -0.2) is 0 Å². The van der Waals surface area contributed by atoms with Crippen LogP contribution < -0.4 is 10.2 Å². The fourth-order valence-corrected chi connectivity index (χ4v) is 1.72. The van der Waals surface area contributed by atoms with Crippen molar-refractivity contribution in [3.05, 3.63) is 23.2 Å². The first kappa shape index (κ1) is 13.5. The van der Waals surface area contributed by atoms with Crippen molar-refractivity contribution in [3.63, 3.8) is 0 Å². The van der Waals surface area contributed by atoms with E-state index >= 15 is 0 Å². The summed E-state index contributed by atoms with van der Waals surface area (Å²) in [7, 11) is 5.62. The molecular formula is C11H16ClN7. The van der Waals surface area contributed by atoms with E-state index in [1.807, 2.05) is 31.9 Å². The van der Waals surface area contributed by atoms with Crippen LogP contribution in [0.5, 0.6) is 0 Å². The average Bonchev–Trinajstić information content (AvgIpc) is 2.74. The van der Waals surface area contributed by atoms with E-state index in [1.54, 1.807) is 11.1 Å². The average molecular weight is 282 g/mol. The first-order valence-corrected chi connectivity index (χ1v) is 6.23. The van der Waals surface area contributed by atoms with Crippen molar-refractivity contribution >= 4 is 23.5 Å². The third kappa shape index (κ3) is 3.54. The molecule has 2 rings (SSSR count). The molecule has 0 aliphatic rings. The predicted molar refractivity (Wildman–Crippen MR) is 74.6 cm³/mol. The number of halogens is 1. The van der Waals surface area contributed by atoms with Crippen LogP contribution in [0, 0.1) is 0 Å². The molecule has 0 fully saturated rings. The Morgan fingerprint density at radius 2 is 2.11 bits per heavy atom. The minimum atomic E-state index is 0.182. The van der Waals surface area contributed by atoms with Gasteiger partial charge in [0.1, 0.15) is 0 Å². The van der Waals surface area contributed by atoms with Gasteiger partial charge in [-0.1, -0.05) is 0 Å². The Labute approximate surface area is 116 Å². The van der Waals surface area contributed by atoms with E-state index < -0.39 is 0 Å². The lowest BCUT2D eigenvalue weighted by atomic mass is 10.3. The third-order valence-corrected chi connectivity index (χ3v) is 2.75. The van der Waals surface area contributed by atoms with Crippen molar-refractivity contribution in [2.75, 3.05) is 30.9 Å². The maximum atomic E-state index is 5.85. The van der Waals surface area contributed by atoms with E-state index in [4.69, 9.17) is 11.6 Å². The number of rotatable bonds is 5. The molecule has 102 valence electrons. The molecule has 2 aromatic heterocycles. The highest BCUT2D eigenvalue weighted by atomic mass is 35.5. The van der Waals surface area contributed by atoms with Gasteiger partial charge in [-0.2, -0.15) is 20.1 Å². The highest BCUT2D eigenvalue weighted by Gasteiger charge is 2.06. The fraction of sp³-hybridized carbons (Fsp3) is 0.455. The van der Waals surface area contributed by atoms with Gasteiger partial charge in [0.05, 0.1) is 0 Å². The first-order valence-electron chi connectivity index (χ1n) is 5.86. The summed E-state index contributed by atoms with van der Waals surface area (Å²) in [6, 6.07) is 1.98. The quantitative estimate of drug-likeness (QED) is 0.881. The third-order valence-electron chi connectivity index (χ3n) is 2.58. The Balaban J connectivity index is 1.98. The number of aryl methyl sites for hydroxylation is 1. The van der Waals surface area contributed by atoms with Crippen molar-refractivity contribution in [3.8, 4) is 0 Å². The molecule has 0 amide bonds. The monoisotopic (exact) mass is 281 g/mol. The summed E-state index contributed by atoms with van der Waals surface area (Å²) in [4.78, 5) is 14.1. The molecule has 2 aromatic rings. The Morgan fingerprint density at radius 3 is 2.74 bits per heavy atom. The maximum Gasteiger partial charge on any atom is 0.230 e. The first-order chi connectivity index (χ1) is 9.06. The van der Waals surface area contributed by atoms with Gasteiger partial charge in [0.15, 0.2) is 0 Å². The Bertz CT molecular complexity index is 552. The van der Waals surface area contributed by atoms with Crippen LogP contribution in [0.15, 0.2) is 12.3 Å². The van der Waals surface area contributed by atoms with E-state index in [0.29, 0.717) is 18.4 Å². The highest BCUT2D eigenvalue weighted by molar-refractivity contribution is 6.28. The summed E-state index contributed by atoms with van der Waals surface area (Å²) < 4.78 is 1.84. The Kier molecular flexibility index (Phi) is 4.16. The lowest BCUT2D eigenvalue weighted by Gasteiger charge is -2.11. The second kappa shape index (κ2) is 5.83. The van der Waals surface area contributed by atoms with Gasteiger partial charge in [0.2, 0.25) is 17.2 Å². The zero-order valence-electron chi connectivity index (χ0n) is 11.1. The second-order valence-corrected chi connectivity index (χ2v) is 4.58. The van der Waals surface area contributed by atoms with Crippen LogP contribution in [0.1, 0.15) is 5.69 Å². The zero-order chi connectivity index (χ0) is 13.8. The molecule has 7 nitrogen and oxygen atoms in total. The topological polar surface area (TPSA) is 71.8 Å². The van der Waals surface area contributed by atoms with Gasteiger partial charge in [-0.3, -0.25) is 4.68 Å². The minimum Gasteiger partial charge on any atom is -0.354 e. The molecule has 1 N–H and O–H groups in total. The highest BCUT2D eigenvalue weighted by Crippen LogP contribution is 2.11. The number of anilines is 2. The summed E-state index contributed by atoms with van der Waals surface area (Å²) >= 11 is 5.85. The summed E-state index contributed by atoms with van der Waals surface area (Å²) in [5.74, 6) is 1.01. The number of aromatic nitrogens is 5. The molecule has 0 atom stereocenters. The van der Waals surface area contributed by atoms with Gasteiger partial charge in [-0.05, 0) is 17.7 Å². The SMILES string of the molecule is CN(C)c1nc(Cl)nc(NCCc2ccnn2C)n1. The number of hydrogen-bond acceptors (Lipinski definition) is 6. The van der Waals surface area contributed by atoms with E-state index in [-0.39, 0.29) is 5.28 Å². The summed E-state index contributed by atoms with van der Waals surface area (Å²) in [5, 5.41) is 7.43. The smallest absolute Gasteiger partial charge is 0.230 e. The van der Waals surface area contributed by atoms with Crippen LogP contribution in [0.3, 0.4) is 0 Å². The van der Waals surface area contributed by atoms with Crippen molar-refractivity contribution < 1.29 is 0 Å². The molecule has 19 heavy (non-hydrogen) atoms. The van der Waals surface area contributed by atoms with Crippen molar-refractivity contribution in [1.29, 1.82) is 0 Å². The number of nitrogens with one attached hydrogen (secondary N) is 1. The summed E-state index contributed by atoms with van der Waals surface area (Å²) in [6.45, 7) is 0.701. The maximum absolute atomic E-state index is 5.85. The van der Waals surface area contributed by atoms with Gasteiger partial charge in [0.25, 0.3) is 0 Å². The van der Waals surface area contributed by atoms with E-state index in [0.717, 1.165) is 12.1 Å². The number of nitrogens with zero attached hydrogens (tertiary/aromatic N) is 6. The molecular weight excluding hydrogens is 266 g/mol. The summed E-state index contributed by atoms with van der Waals surface area (Å²) in [6.07, 6.45) is 2.61. The minimum absolute atomic E-state index is 0.182. The van der Waals surface area contributed by atoms with Gasteiger partial charge in [-0.15, -0.1) is 0 Å². The van der Waals surface area contributed by atoms with Gasteiger partial charge in [0, 0.05) is 46.0 Å². The van der Waals surface area contributed by atoms with E-state index in [2.05, 4.69) is 25.4 Å². The molecule has 0 saturated heterocycles. The van der Waals surface area contributed by atoms with Crippen LogP contribution >= 0.6 is 11.6 Å². The zero-order valence-corrected chi connectivity index (χ0v) is 11.9.